The van der Waals surface area contributed by atoms with E-state index in [1.165, 1.54) is 12.3 Å². The van der Waals surface area contributed by atoms with E-state index in [-0.39, 0.29) is 11.7 Å². The number of halogens is 1. The summed E-state index contributed by atoms with van der Waals surface area (Å²) in [6.45, 7) is 7.09. The van der Waals surface area contributed by atoms with Crippen molar-refractivity contribution in [2.24, 2.45) is 5.10 Å². The fourth-order valence-corrected chi connectivity index (χ4v) is 2.23. The Morgan fingerprint density at radius 3 is 2.79 bits per heavy atom. The molecule has 0 aromatic heterocycles. The zero-order valence-electron chi connectivity index (χ0n) is 10.8. The summed E-state index contributed by atoms with van der Waals surface area (Å²) in [7, 11) is 0. The summed E-state index contributed by atoms with van der Waals surface area (Å²) in [5, 5.41) is 13.7. The monoisotopic (exact) mass is 370 g/mol. The van der Waals surface area contributed by atoms with Gasteiger partial charge in [0.05, 0.1) is 6.21 Å². The summed E-state index contributed by atoms with van der Waals surface area (Å²) >= 11 is 2.15. The van der Waals surface area contributed by atoms with Gasteiger partial charge in [0.25, 0.3) is 5.91 Å². The number of amides is 1. The highest BCUT2D eigenvalue weighted by molar-refractivity contribution is 14.1. The van der Waals surface area contributed by atoms with E-state index in [2.05, 4.69) is 39.7 Å². The van der Waals surface area contributed by atoms with Crippen molar-refractivity contribution in [2.45, 2.75) is 13.8 Å². The molecule has 19 heavy (non-hydrogen) atoms. The van der Waals surface area contributed by atoms with E-state index < -0.39 is 0 Å². The van der Waals surface area contributed by atoms with Crippen LogP contribution in [0.25, 0.3) is 0 Å². The first-order chi connectivity index (χ1) is 8.99. The molecule has 1 amide bonds. The van der Waals surface area contributed by atoms with Crippen molar-refractivity contribution in [1.82, 2.24) is 5.43 Å². The Hall–Kier alpha value is -1.63. The van der Waals surface area contributed by atoms with E-state index in [4.69, 9.17) is 0 Å². The molecule has 2 N–H and O–H groups in total. The lowest BCUT2D eigenvalue weighted by Crippen LogP contribution is -2.18. The molecule has 5 heteroatoms. The first kappa shape index (κ1) is 15.4. The highest BCUT2D eigenvalue weighted by atomic mass is 127. The van der Waals surface area contributed by atoms with Gasteiger partial charge in [-0.05, 0) is 54.1 Å². The van der Waals surface area contributed by atoms with Crippen molar-refractivity contribution < 1.29 is 9.90 Å². The molecule has 0 saturated heterocycles. The van der Waals surface area contributed by atoms with Gasteiger partial charge in [-0.15, -0.1) is 0 Å². The molecule has 0 aliphatic rings. The van der Waals surface area contributed by atoms with Crippen LogP contribution in [-0.2, 0) is 4.79 Å². The molecule has 4 nitrogen and oxygen atoms in total. The molecule has 0 spiro atoms. The molecule has 0 unspecified atom stereocenters. The maximum absolute atomic E-state index is 11.6. The number of hydrazone groups is 1. The summed E-state index contributed by atoms with van der Waals surface area (Å²) in [5.41, 5.74) is 4.15. The first-order valence-electron chi connectivity index (χ1n) is 5.60. The predicted octanol–water partition coefficient (Wildman–Crippen LogP) is 2.89. The van der Waals surface area contributed by atoms with Crippen molar-refractivity contribution in [3.8, 4) is 5.75 Å². The highest BCUT2D eigenvalue weighted by Gasteiger charge is 2.05. The van der Waals surface area contributed by atoms with Crippen molar-refractivity contribution in [2.75, 3.05) is 0 Å². The average molecular weight is 370 g/mol. The van der Waals surface area contributed by atoms with Gasteiger partial charge in [-0.2, -0.15) is 5.10 Å². The largest absolute Gasteiger partial charge is 0.507 e. The van der Waals surface area contributed by atoms with Gasteiger partial charge in [-0.3, -0.25) is 4.79 Å². The van der Waals surface area contributed by atoms with Crippen LogP contribution in [0.15, 0.2) is 41.5 Å². The van der Waals surface area contributed by atoms with Crippen molar-refractivity contribution in [3.05, 3.63) is 51.1 Å². The second-order valence-corrected chi connectivity index (χ2v) is 5.05. The van der Waals surface area contributed by atoms with E-state index >= 15 is 0 Å². The van der Waals surface area contributed by atoms with E-state index in [9.17, 15) is 9.90 Å². The van der Waals surface area contributed by atoms with Gasteiger partial charge >= 0.3 is 0 Å². The summed E-state index contributed by atoms with van der Waals surface area (Å²) in [6.07, 6.45) is 4.52. The van der Waals surface area contributed by atoms with Gasteiger partial charge < -0.3 is 5.11 Å². The number of benzene rings is 1. The molecule has 1 aromatic carbocycles. The Balaban J connectivity index is 2.84. The molecular weight excluding hydrogens is 355 g/mol. The molecule has 0 aliphatic heterocycles. The van der Waals surface area contributed by atoms with E-state index in [0.29, 0.717) is 11.1 Å². The van der Waals surface area contributed by atoms with Crippen LogP contribution in [0.3, 0.4) is 0 Å². The molecule has 100 valence electrons. The normalized spacial score (nSPS) is 11.6. The number of aromatic hydroxyl groups is 1. The number of nitrogens with zero attached hydrogens (tertiary/aromatic N) is 1. The topological polar surface area (TPSA) is 61.7 Å². The lowest BCUT2D eigenvalue weighted by atomic mass is 10.1. The van der Waals surface area contributed by atoms with Crippen LogP contribution in [0.4, 0.5) is 0 Å². The van der Waals surface area contributed by atoms with Gasteiger partial charge in [-0.25, -0.2) is 5.43 Å². The van der Waals surface area contributed by atoms with Gasteiger partial charge in [0.1, 0.15) is 5.75 Å². The average Bonchev–Trinajstić information content (AvgIpc) is 2.36. The van der Waals surface area contributed by atoms with Gasteiger partial charge in [0, 0.05) is 14.7 Å². The van der Waals surface area contributed by atoms with E-state index in [1.54, 1.807) is 19.1 Å². The molecule has 0 bridgehead atoms. The standard InChI is InChI=1S/C14H15IN2O2/c1-4-10(5-2)14(19)17-16-8-11-7-12(15)6-9(3)13(11)18/h4-8,18H,1H2,2-3H3,(H,17,19)/b10-5+,16-8+. The van der Waals surface area contributed by atoms with Gasteiger partial charge in [-0.1, -0.05) is 18.7 Å². The van der Waals surface area contributed by atoms with Crippen LogP contribution in [0, 0.1) is 10.5 Å². The van der Waals surface area contributed by atoms with Crippen LogP contribution >= 0.6 is 22.6 Å². The maximum atomic E-state index is 11.6. The molecule has 1 rings (SSSR count). The van der Waals surface area contributed by atoms with Crippen molar-refractivity contribution in [1.29, 1.82) is 0 Å². The molecule has 0 fully saturated rings. The minimum absolute atomic E-state index is 0.161. The lowest BCUT2D eigenvalue weighted by Gasteiger charge is -2.04. The SMILES string of the molecule is C=C/C(=C\C)C(=O)N/N=C/c1cc(I)cc(C)c1O. The lowest BCUT2D eigenvalue weighted by molar-refractivity contribution is -0.117. The van der Waals surface area contributed by atoms with Crippen molar-refractivity contribution >= 4 is 34.7 Å². The van der Waals surface area contributed by atoms with Crippen LogP contribution in [0.1, 0.15) is 18.1 Å². The number of nitrogens with one attached hydrogen (secondary N) is 1. The molecule has 0 aliphatic carbocycles. The minimum atomic E-state index is -0.337. The number of hydrogen-bond acceptors (Lipinski definition) is 3. The molecule has 1 aromatic rings. The summed E-state index contributed by atoms with van der Waals surface area (Å²) in [4.78, 5) is 11.6. The molecular formula is C14H15IN2O2. The van der Waals surface area contributed by atoms with Gasteiger partial charge in [0.15, 0.2) is 0 Å². The smallest absolute Gasteiger partial charge is 0.271 e. The third kappa shape index (κ3) is 4.20. The quantitative estimate of drug-likeness (QED) is 0.282. The predicted molar refractivity (Wildman–Crippen MR) is 85.3 cm³/mol. The minimum Gasteiger partial charge on any atom is -0.507 e. The molecule has 0 radical (unpaired) electrons. The van der Waals surface area contributed by atoms with Crippen molar-refractivity contribution in [3.63, 3.8) is 0 Å². The Kier molecular flexibility index (Phi) is 5.75. The van der Waals surface area contributed by atoms with Crippen LogP contribution in [-0.4, -0.2) is 17.2 Å². The number of rotatable bonds is 4. The summed E-state index contributed by atoms with van der Waals surface area (Å²) < 4.78 is 0.987. The second kappa shape index (κ2) is 7.08. The second-order valence-electron chi connectivity index (χ2n) is 3.81. The highest BCUT2D eigenvalue weighted by Crippen LogP contribution is 2.23. The van der Waals surface area contributed by atoms with Gasteiger partial charge in [0.2, 0.25) is 0 Å². The number of allylic oxidation sites excluding steroid dienone is 1. The Labute approximate surface area is 126 Å². The zero-order chi connectivity index (χ0) is 14.4. The third-order valence-corrected chi connectivity index (χ3v) is 3.08. The van der Waals surface area contributed by atoms with Crippen LogP contribution in [0.2, 0.25) is 0 Å². The molecule has 0 saturated carbocycles. The Morgan fingerprint density at radius 2 is 2.21 bits per heavy atom. The fourth-order valence-electron chi connectivity index (χ4n) is 1.43. The van der Waals surface area contributed by atoms with E-state index in [1.807, 2.05) is 13.0 Å². The Bertz CT molecular complexity index is 563. The number of hydrogen-bond donors (Lipinski definition) is 2. The summed E-state index contributed by atoms with van der Waals surface area (Å²) in [5.74, 6) is -0.177. The number of aryl methyl sites for hydroxylation is 1. The molecule has 0 heterocycles. The number of carbonyl (C=O) groups excluding carboxylic acids is 1. The van der Waals surface area contributed by atoms with E-state index in [0.717, 1.165) is 9.13 Å². The first-order valence-corrected chi connectivity index (χ1v) is 6.68. The third-order valence-electron chi connectivity index (χ3n) is 2.46. The van der Waals surface area contributed by atoms with Crippen LogP contribution < -0.4 is 5.43 Å². The maximum Gasteiger partial charge on any atom is 0.271 e. The number of carbonyl (C=O) groups is 1. The number of phenols is 1. The fraction of sp³-hybridized carbons (Fsp3) is 0.143. The Morgan fingerprint density at radius 1 is 1.53 bits per heavy atom. The number of phenolic OH excluding ortho intramolecular Hbond substituents is 1. The molecule has 0 atom stereocenters. The summed E-state index contributed by atoms with van der Waals surface area (Å²) in [6, 6.07) is 3.64. The zero-order valence-corrected chi connectivity index (χ0v) is 12.9. The van der Waals surface area contributed by atoms with Crippen LogP contribution in [0.5, 0.6) is 5.75 Å².